The van der Waals surface area contributed by atoms with Crippen molar-refractivity contribution in [1.29, 1.82) is 0 Å². The molecule has 0 aliphatic carbocycles. The predicted octanol–water partition coefficient (Wildman–Crippen LogP) is 2.97. The molecule has 0 N–H and O–H groups in total. The van der Waals surface area contributed by atoms with Crippen molar-refractivity contribution >= 4 is 21.4 Å². The largest absolute Gasteiger partial charge is 0.494 e. The molecule has 0 unspecified atom stereocenters. The first-order chi connectivity index (χ1) is 9.54. The summed E-state index contributed by atoms with van der Waals surface area (Å²) in [5.74, 6) is 0.673. The van der Waals surface area contributed by atoms with Gasteiger partial charge in [-0.25, -0.2) is 8.42 Å². The molecule has 4 nitrogen and oxygen atoms in total. The Morgan fingerprint density at radius 2 is 1.90 bits per heavy atom. The number of benzene rings is 1. The summed E-state index contributed by atoms with van der Waals surface area (Å²) in [7, 11) is -1.87. The highest BCUT2D eigenvalue weighted by Crippen LogP contribution is 2.21. The molecule has 0 aliphatic rings. The minimum atomic E-state index is -3.46. The lowest BCUT2D eigenvalue weighted by molar-refractivity contribution is 0.340. The number of ether oxygens (including phenoxy) is 1. The second kappa shape index (κ2) is 6.39. The normalized spacial score (nSPS) is 11.8. The van der Waals surface area contributed by atoms with Crippen LogP contribution in [0.1, 0.15) is 11.8 Å². The van der Waals surface area contributed by atoms with Crippen LogP contribution in [-0.4, -0.2) is 26.4 Å². The van der Waals surface area contributed by atoms with Gasteiger partial charge in [-0.3, -0.25) is 0 Å². The highest BCUT2D eigenvalue weighted by Gasteiger charge is 2.21. The van der Waals surface area contributed by atoms with Crippen molar-refractivity contribution in [3.8, 4) is 5.75 Å². The van der Waals surface area contributed by atoms with Crippen LogP contribution in [0.2, 0.25) is 0 Å². The molecule has 0 saturated heterocycles. The van der Waals surface area contributed by atoms with E-state index in [4.69, 9.17) is 4.74 Å². The third-order valence-electron chi connectivity index (χ3n) is 2.80. The van der Waals surface area contributed by atoms with Gasteiger partial charge in [-0.05, 0) is 42.6 Å². The monoisotopic (exact) mass is 311 g/mol. The summed E-state index contributed by atoms with van der Waals surface area (Å²) in [5, 5.41) is 1.94. The predicted molar refractivity (Wildman–Crippen MR) is 80.6 cm³/mol. The van der Waals surface area contributed by atoms with Gasteiger partial charge in [-0.15, -0.1) is 11.3 Å². The Morgan fingerprint density at radius 1 is 1.20 bits per heavy atom. The molecule has 0 bridgehead atoms. The van der Waals surface area contributed by atoms with E-state index in [2.05, 4.69) is 0 Å². The molecule has 1 aromatic heterocycles. The standard InChI is InChI=1S/C14H17NO3S2/c1-3-18-12-6-8-14(9-7-12)20(16,17)15(2)11-13-5-4-10-19-13/h4-10H,3,11H2,1-2H3. The van der Waals surface area contributed by atoms with Gasteiger partial charge in [0, 0.05) is 18.5 Å². The molecule has 20 heavy (non-hydrogen) atoms. The Labute approximate surface area is 123 Å². The minimum absolute atomic E-state index is 0.278. The average Bonchev–Trinajstić information content (AvgIpc) is 2.92. The molecule has 6 heteroatoms. The van der Waals surface area contributed by atoms with Crippen LogP contribution in [0.4, 0.5) is 0 Å². The number of thiophene rings is 1. The summed E-state index contributed by atoms with van der Waals surface area (Å²) in [6.45, 7) is 2.83. The molecular weight excluding hydrogens is 294 g/mol. The first kappa shape index (κ1) is 15.0. The van der Waals surface area contributed by atoms with Crippen LogP contribution >= 0.6 is 11.3 Å². The third kappa shape index (κ3) is 3.39. The van der Waals surface area contributed by atoms with E-state index in [9.17, 15) is 8.42 Å². The second-order valence-electron chi connectivity index (χ2n) is 4.24. The molecule has 2 rings (SSSR count). The molecule has 0 fully saturated rings. The van der Waals surface area contributed by atoms with Gasteiger partial charge in [0.1, 0.15) is 5.75 Å². The van der Waals surface area contributed by atoms with Gasteiger partial charge < -0.3 is 4.74 Å². The molecule has 0 spiro atoms. The molecule has 1 aromatic carbocycles. The average molecular weight is 311 g/mol. The van der Waals surface area contributed by atoms with E-state index in [1.807, 2.05) is 24.4 Å². The van der Waals surface area contributed by atoms with E-state index in [1.54, 1.807) is 42.6 Å². The topological polar surface area (TPSA) is 46.6 Å². The van der Waals surface area contributed by atoms with Crippen LogP contribution in [0.15, 0.2) is 46.7 Å². The van der Waals surface area contributed by atoms with Crippen molar-refractivity contribution in [2.24, 2.45) is 0 Å². The highest BCUT2D eigenvalue weighted by molar-refractivity contribution is 7.89. The van der Waals surface area contributed by atoms with Crippen molar-refractivity contribution < 1.29 is 13.2 Å². The fraction of sp³-hybridized carbons (Fsp3) is 0.286. The maximum Gasteiger partial charge on any atom is 0.243 e. The number of sulfonamides is 1. The number of hydrogen-bond donors (Lipinski definition) is 0. The summed E-state index contributed by atoms with van der Waals surface area (Å²) >= 11 is 1.55. The lowest BCUT2D eigenvalue weighted by atomic mass is 10.3. The Balaban J connectivity index is 2.16. The van der Waals surface area contributed by atoms with Gasteiger partial charge in [-0.1, -0.05) is 6.07 Å². The zero-order valence-electron chi connectivity index (χ0n) is 11.4. The van der Waals surface area contributed by atoms with E-state index in [-0.39, 0.29) is 4.90 Å². The van der Waals surface area contributed by atoms with Crippen LogP contribution in [0, 0.1) is 0 Å². The quantitative estimate of drug-likeness (QED) is 0.824. The van der Waals surface area contributed by atoms with Crippen molar-refractivity contribution in [3.05, 3.63) is 46.7 Å². The van der Waals surface area contributed by atoms with Crippen molar-refractivity contribution in [2.45, 2.75) is 18.4 Å². The molecule has 0 aliphatic heterocycles. The van der Waals surface area contributed by atoms with Gasteiger partial charge in [0.25, 0.3) is 0 Å². The molecule has 0 saturated carbocycles. The fourth-order valence-corrected chi connectivity index (χ4v) is 3.75. The Kier molecular flexibility index (Phi) is 4.80. The summed E-state index contributed by atoms with van der Waals surface area (Å²) in [4.78, 5) is 1.29. The minimum Gasteiger partial charge on any atom is -0.494 e. The first-order valence-corrected chi connectivity index (χ1v) is 8.57. The van der Waals surface area contributed by atoms with Gasteiger partial charge in [0.15, 0.2) is 0 Å². The highest BCUT2D eigenvalue weighted by atomic mass is 32.2. The third-order valence-corrected chi connectivity index (χ3v) is 5.48. The fourth-order valence-electron chi connectivity index (χ4n) is 1.76. The Bertz CT molecular complexity index is 634. The number of nitrogens with zero attached hydrogens (tertiary/aromatic N) is 1. The Morgan fingerprint density at radius 3 is 2.45 bits per heavy atom. The maximum absolute atomic E-state index is 12.4. The smallest absolute Gasteiger partial charge is 0.243 e. The van der Waals surface area contributed by atoms with E-state index < -0.39 is 10.0 Å². The summed E-state index contributed by atoms with van der Waals surface area (Å²) in [6, 6.07) is 10.3. The van der Waals surface area contributed by atoms with Crippen molar-refractivity contribution in [3.63, 3.8) is 0 Å². The van der Waals surface area contributed by atoms with Gasteiger partial charge in [0.2, 0.25) is 10.0 Å². The zero-order valence-corrected chi connectivity index (χ0v) is 13.1. The summed E-state index contributed by atoms with van der Waals surface area (Å²) in [5.41, 5.74) is 0. The van der Waals surface area contributed by atoms with Crippen molar-refractivity contribution in [1.82, 2.24) is 4.31 Å². The van der Waals surface area contributed by atoms with E-state index in [0.29, 0.717) is 18.9 Å². The number of rotatable bonds is 6. The first-order valence-electron chi connectivity index (χ1n) is 6.25. The van der Waals surface area contributed by atoms with Crippen molar-refractivity contribution in [2.75, 3.05) is 13.7 Å². The molecule has 1 heterocycles. The van der Waals surface area contributed by atoms with Crippen LogP contribution in [0.5, 0.6) is 5.75 Å². The Hall–Kier alpha value is -1.37. The molecule has 2 aromatic rings. The lowest BCUT2D eigenvalue weighted by Gasteiger charge is -2.16. The molecule has 0 radical (unpaired) electrons. The van der Waals surface area contributed by atoms with Gasteiger partial charge in [-0.2, -0.15) is 4.31 Å². The van der Waals surface area contributed by atoms with E-state index in [1.165, 1.54) is 4.31 Å². The molecule has 0 atom stereocenters. The van der Waals surface area contributed by atoms with Gasteiger partial charge >= 0.3 is 0 Å². The van der Waals surface area contributed by atoms with Crippen LogP contribution in [0.3, 0.4) is 0 Å². The SMILES string of the molecule is CCOc1ccc(S(=O)(=O)N(C)Cc2cccs2)cc1. The lowest BCUT2D eigenvalue weighted by Crippen LogP contribution is -2.26. The van der Waals surface area contributed by atoms with E-state index in [0.717, 1.165) is 4.88 Å². The second-order valence-corrected chi connectivity index (χ2v) is 7.32. The van der Waals surface area contributed by atoms with Crippen LogP contribution in [-0.2, 0) is 16.6 Å². The van der Waals surface area contributed by atoms with Gasteiger partial charge in [0.05, 0.1) is 11.5 Å². The molecule has 108 valence electrons. The summed E-state index contributed by atoms with van der Waals surface area (Å²) in [6.07, 6.45) is 0. The molecular formula is C14H17NO3S2. The van der Waals surface area contributed by atoms with Crippen LogP contribution < -0.4 is 4.74 Å². The maximum atomic E-state index is 12.4. The number of hydrogen-bond acceptors (Lipinski definition) is 4. The van der Waals surface area contributed by atoms with Crippen LogP contribution in [0.25, 0.3) is 0 Å². The zero-order chi connectivity index (χ0) is 14.6. The molecule has 0 amide bonds. The summed E-state index contributed by atoms with van der Waals surface area (Å²) < 4.78 is 31.5. The van der Waals surface area contributed by atoms with E-state index >= 15 is 0 Å².